The molecule has 1 aliphatic heterocycles. The van der Waals surface area contributed by atoms with E-state index in [1.807, 2.05) is 31.1 Å². The number of piperazine rings is 1. The first kappa shape index (κ1) is 24.2. The molecule has 8 nitrogen and oxygen atoms in total. The van der Waals surface area contributed by atoms with Gasteiger partial charge in [0.2, 0.25) is 0 Å². The summed E-state index contributed by atoms with van der Waals surface area (Å²) in [5.74, 6) is 1.92. The van der Waals surface area contributed by atoms with Crippen molar-refractivity contribution in [2.24, 2.45) is 4.99 Å². The third kappa shape index (κ3) is 5.89. The summed E-state index contributed by atoms with van der Waals surface area (Å²) in [6.07, 6.45) is 1.63. The Morgan fingerprint density at radius 3 is 2.62 bits per heavy atom. The van der Waals surface area contributed by atoms with E-state index in [1.165, 1.54) is 5.56 Å². The van der Waals surface area contributed by atoms with E-state index < -0.39 is 0 Å². The lowest BCUT2D eigenvalue weighted by molar-refractivity contribution is 0.169. The zero-order chi connectivity index (χ0) is 21.6. The zero-order valence-electron chi connectivity index (χ0n) is 19.0. The van der Waals surface area contributed by atoms with Crippen LogP contribution in [0.5, 0.6) is 0 Å². The van der Waals surface area contributed by atoms with E-state index in [0.717, 1.165) is 67.6 Å². The van der Waals surface area contributed by atoms with E-state index >= 15 is 0 Å². The van der Waals surface area contributed by atoms with Crippen LogP contribution in [-0.4, -0.2) is 72.7 Å². The molecule has 4 rings (SSSR count). The zero-order valence-corrected chi connectivity index (χ0v) is 21.3. The van der Waals surface area contributed by atoms with Gasteiger partial charge in [0, 0.05) is 64.8 Å². The largest absolute Gasteiger partial charge is 0.364 e. The average Bonchev–Trinajstić information content (AvgIpc) is 3.30. The molecule has 0 radical (unpaired) electrons. The Morgan fingerprint density at radius 2 is 1.94 bits per heavy atom. The standard InChI is InChI=1S/C23H31N7O.HI/c1-4-24-23(30-12-10-29(11-13-30)17-19-9-14-31-27-19)25-16-18-15-22(28(2)3)26-21-8-6-5-7-20(18)21;/h5-9,14-15H,4,10-13,16-17H2,1-3H3,(H,24,25);1H. The molecule has 0 unspecified atom stereocenters. The van der Waals surface area contributed by atoms with Crippen LogP contribution in [0, 0.1) is 0 Å². The monoisotopic (exact) mass is 549 g/mol. The first-order valence-corrected chi connectivity index (χ1v) is 10.8. The molecule has 1 aromatic carbocycles. The molecule has 2 aromatic heterocycles. The highest BCUT2D eigenvalue weighted by Gasteiger charge is 2.20. The molecule has 9 heteroatoms. The summed E-state index contributed by atoms with van der Waals surface area (Å²) in [5, 5.41) is 8.66. The number of nitrogens with one attached hydrogen (secondary N) is 1. The maximum Gasteiger partial charge on any atom is 0.194 e. The van der Waals surface area contributed by atoms with Gasteiger partial charge in [0.25, 0.3) is 0 Å². The van der Waals surface area contributed by atoms with Gasteiger partial charge >= 0.3 is 0 Å². The van der Waals surface area contributed by atoms with Crippen LogP contribution < -0.4 is 10.2 Å². The van der Waals surface area contributed by atoms with E-state index in [1.54, 1.807) is 6.26 Å². The normalized spacial score (nSPS) is 15.0. The van der Waals surface area contributed by atoms with Crippen LogP contribution in [0.2, 0.25) is 0 Å². The lowest BCUT2D eigenvalue weighted by Crippen LogP contribution is -2.52. The van der Waals surface area contributed by atoms with Crippen molar-refractivity contribution < 1.29 is 4.52 Å². The lowest BCUT2D eigenvalue weighted by Gasteiger charge is -2.36. The molecule has 3 heterocycles. The molecule has 1 aliphatic rings. The second-order valence-electron chi connectivity index (χ2n) is 7.98. The molecule has 172 valence electrons. The van der Waals surface area contributed by atoms with E-state index in [4.69, 9.17) is 14.5 Å². The number of pyridine rings is 1. The van der Waals surface area contributed by atoms with Gasteiger partial charge in [-0.15, -0.1) is 24.0 Å². The Kier molecular flexibility index (Phi) is 8.68. The van der Waals surface area contributed by atoms with Gasteiger partial charge in [-0.1, -0.05) is 23.4 Å². The van der Waals surface area contributed by atoms with E-state index in [2.05, 4.69) is 51.5 Å². The number of hydrogen-bond acceptors (Lipinski definition) is 6. The van der Waals surface area contributed by atoms with E-state index in [-0.39, 0.29) is 24.0 Å². The van der Waals surface area contributed by atoms with Gasteiger partial charge in [-0.05, 0) is 24.6 Å². The number of benzene rings is 1. The number of anilines is 1. The Morgan fingerprint density at radius 1 is 1.16 bits per heavy atom. The highest BCUT2D eigenvalue weighted by Crippen LogP contribution is 2.23. The van der Waals surface area contributed by atoms with Crippen LogP contribution in [0.25, 0.3) is 10.9 Å². The number of aliphatic imine (C=N–C) groups is 1. The minimum atomic E-state index is 0. The summed E-state index contributed by atoms with van der Waals surface area (Å²) in [7, 11) is 4.04. The maximum absolute atomic E-state index is 5.00. The molecule has 32 heavy (non-hydrogen) atoms. The molecular formula is C23H32IN7O. The van der Waals surface area contributed by atoms with Crippen molar-refractivity contribution >= 4 is 46.7 Å². The van der Waals surface area contributed by atoms with Crippen molar-refractivity contribution in [3.63, 3.8) is 0 Å². The summed E-state index contributed by atoms with van der Waals surface area (Å²) in [4.78, 5) is 16.5. The second kappa shape index (κ2) is 11.5. The maximum atomic E-state index is 5.00. The van der Waals surface area contributed by atoms with Gasteiger partial charge in [-0.25, -0.2) is 9.98 Å². The Balaban J connectivity index is 0.00000289. The Bertz CT molecular complexity index is 1010. The predicted molar refractivity (Wildman–Crippen MR) is 140 cm³/mol. The van der Waals surface area contributed by atoms with Gasteiger partial charge in [0.15, 0.2) is 5.96 Å². The van der Waals surface area contributed by atoms with Gasteiger partial charge in [0.1, 0.15) is 12.1 Å². The van der Waals surface area contributed by atoms with Crippen LogP contribution in [0.3, 0.4) is 0 Å². The average molecular weight is 549 g/mol. The quantitative estimate of drug-likeness (QED) is 0.288. The Labute approximate surface area is 206 Å². The molecule has 1 fully saturated rings. The molecular weight excluding hydrogens is 517 g/mol. The second-order valence-corrected chi connectivity index (χ2v) is 7.98. The smallest absolute Gasteiger partial charge is 0.194 e. The number of aromatic nitrogens is 2. The minimum Gasteiger partial charge on any atom is -0.364 e. The summed E-state index contributed by atoms with van der Waals surface area (Å²) < 4.78 is 4.95. The summed E-state index contributed by atoms with van der Waals surface area (Å²) in [5.41, 5.74) is 3.18. The fraction of sp³-hybridized carbons (Fsp3) is 0.435. The van der Waals surface area contributed by atoms with E-state index in [0.29, 0.717) is 6.54 Å². The third-order valence-electron chi connectivity index (χ3n) is 5.53. The fourth-order valence-corrected chi connectivity index (χ4v) is 3.84. The molecule has 0 saturated carbocycles. The first-order valence-electron chi connectivity index (χ1n) is 10.8. The van der Waals surface area contributed by atoms with Crippen molar-refractivity contribution in [3.8, 4) is 0 Å². The molecule has 1 N–H and O–H groups in total. The number of nitrogens with zero attached hydrogens (tertiary/aromatic N) is 6. The number of para-hydroxylation sites is 1. The van der Waals surface area contributed by atoms with Crippen molar-refractivity contribution in [2.45, 2.75) is 20.0 Å². The van der Waals surface area contributed by atoms with Crippen molar-refractivity contribution in [3.05, 3.63) is 53.9 Å². The highest BCUT2D eigenvalue weighted by molar-refractivity contribution is 14.0. The highest BCUT2D eigenvalue weighted by atomic mass is 127. The topological polar surface area (TPSA) is 73.0 Å². The fourth-order valence-electron chi connectivity index (χ4n) is 3.84. The third-order valence-corrected chi connectivity index (χ3v) is 5.53. The molecule has 1 saturated heterocycles. The van der Waals surface area contributed by atoms with Gasteiger partial charge in [-0.3, -0.25) is 4.90 Å². The van der Waals surface area contributed by atoms with Crippen LogP contribution in [0.15, 0.2) is 52.2 Å². The SMILES string of the molecule is CCNC(=NCc1cc(N(C)C)nc2ccccc12)N1CCN(Cc2ccon2)CC1.I. The molecule has 3 aromatic rings. The first-order chi connectivity index (χ1) is 15.1. The van der Waals surface area contributed by atoms with E-state index in [9.17, 15) is 0 Å². The van der Waals surface area contributed by atoms with Crippen LogP contribution in [-0.2, 0) is 13.1 Å². The minimum absolute atomic E-state index is 0. The number of fused-ring (bicyclic) bond motifs is 1. The van der Waals surface area contributed by atoms with Crippen LogP contribution in [0.1, 0.15) is 18.2 Å². The van der Waals surface area contributed by atoms with Gasteiger partial charge in [-0.2, -0.15) is 0 Å². The lowest BCUT2D eigenvalue weighted by atomic mass is 10.1. The molecule has 0 spiro atoms. The number of halogens is 1. The van der Waals surface area contributed by atoms with Gasteiger partial charge < -0.3 is 19.6 Å². The number of rotatable bonds is 6. The Hall–Kier alpha value is -2.40. The van der Waals surface area contributed by atoms with Crippen molar-refractivity contribution in [1.29, 1.82) is 0 Å². The summed E-state index contributed by atoms with van der Waals surface area (Å²) in [6.45, 7) is 8.22. The van der Waals surface area contributed by atoms with Crippen LogP contribution in [0.4, 0.5) is 5.82 Å². The molecule has 0 amide bonds. The van der Waals surface area contributed by atoms with Crippen LogP contribution >= 0.6 is 24.0 Å². The molecule has 0 aliphatic carbocycles. The molecule has 0 atom stereocenters. The van der Waals surface area contributed by atoms with Gasteiger partial charge in [0.05, 0.1) is 17.8 Å². The van der Waals surface area contributed by atoms with Crippen molar-refractivity contribution in [1.82, 2.24) is 25.3 Å². The predicted octanol–water partition coefficient (Wildman–Crippen LogP) is 3.19. The number of hydrogen-bond donors (Lipinski definition) is 1. The van der Waals surface area contributed by atoms with Crippen molar-refractivity contribution in [2.75, 3.05) is 51.7 Å². The molecule has 0 bridgehead atoms. The summed E-state index contributed by atoms with van der Waals surface area (Å²) in [6, 6.07) is 12.4. The number of guanidine groups is 1. The summed E-state index contributed by atoms with van der Waals surface area (Å²) >= 11 is 0.